The standard InChI is InChI=1S/C19H28N4O2S.HI/c1-13-9-15(7-8-17(13)25-6)10-21-19(20-3)23(4)11-16-12-26-18(22-16)14(2)24-5;/h7-9,12,14H,10-11H2,1-6H3,(H,20,21);1H. The lowest BCUT2D eigenvalue weighted by molar-refractivity contribution is 0.119. The summed E-state index contributed by atoms with van der Waals surface area (Å²) in [5.41, 5.74) is 3.32. The number of rotatable bonds is 7. The maximum Gasteiger partial charge on any atom is 0.194 e. The minimum absolute atomic E-state index is 0. The van der Waals surface area contributed by atoms with Crippen LogP contribution in [0.2, 0.25) is 0 Å². The monoisotopic (exact) mass is 504 g/mol. The Morgan fingerprint density at radius 3 is 2.70 bits per heavy atom. The molecule has 2 rings (SSSR count). The molecule has 1 aromatic carbocycles. The van der Waals surface area contributed by atoms with Crippen LogP contribution in [0.5, 0.6) is 5.75 Å². The molecular weight excluding hydrogens is 475 g/mol. The van der Waals surface area contributed by atoms with Crippen LogP contribution < -0.4 is 10.1 Å². The van der Waals surface area contributed by atoms with Crippen molar-refractivity contribution in [1.82, 2.24) is 15.2 Å². The van der Waals surface area contributed by atoms with Crippen molar-refractivity contribution in [2.24, 2.45) is 4.99 Å². The van der Waals surface area contributed by atoms with E-state index in [0.29, 0.717) is 13.1 Å². The zero-order valence-electron chi connectivity index (χ0n) is 16.8. The van der Waals surface area contributed by atoms with Gasteiger partial charge in [0.25, 0.3) is 0 Å². The molecule has 0 radical (unpaired) electrons. The lowest BCUT2D eigenvalue weighted by atomic mass is 10.1. The van der Waals surface area contributed by atoms with Gasteiger partial charge in [-0.3, -0.25) is 4.99 Å². The number of thiazole rings is 1. The van der Waals surface area contributed by atoms with Gasteiger partial charge in [-0.25, -0.2) is 4.98 Å². The molecule has 0 aliphatic heterocycles. The molecule has 1 N–H and O–H groups in total. The van der Waals surface area contributed by atoms with Crippen molar-refractivity contribution in [1.29, 1.82) is 0 Å². The third-order valence-corrected chi connectivity index (χ3v) is 5.21. The first kappa shape index (κ1) is 23.6. The van der Waals surface area contributed by atoms with Gasteiger partial charge in [-0.15, -0.1) is 35.3 Å². The number of hydrogen-bond acceptors (Lipinski definition) is 5. The Labute approximate surface area is 183 Å². The number of guanidine groups is 1. The summed E-state index contributed by atoms with van der Waals surface area (Å²) in [5, 5.41) is 6.46. The van der Waals surface area contributed by atoms with Crippen LogP contribution in [-0.4, -0.2) is 44.2 Å². The summed E-state index contributed by atoms with van der Waals surface area (Å²) >= 11 is 1.62. The molecule has 0 saturated carbocycles. The molecule has 1 atom stereocenters. The summed E-state index contributed by atoms with van der Waals surface area (Å²) in [4.78, 5) is 11.1. The molecule has 0 saturated heterocycles. The van der Waals surface area contributed by atoms with E-state index >= 15 is 0 Å². The Bertz CT molecular complexity index is 751. The Morgan fingerprint density at radius 1 is 1.37 bits per heavy atom. The number of nitrogens with one attached hydrogen (secondary N) is 1. The third kappa shape index (κ3) is 6.62. The van der Waals surface area contributed by atoms with Gasteiger partial charge in [-0.05, 0) is 31.0 Å². The third-order valence-electron chi connectivity index (χ3n) is 4.15. The Hall–Kier alpha value is -1.39. The zero-order valence-corrected chi connectivity index (χ0v) is 19.9. The fourth-order valence-electron chi connectivity index (χ4n) is 2.62. The average molecular weight is 504 g/mol. The normalized spacial score (nSPS) is 12.3. The number of hydrogen-bond donors (Lipinski definition) is 1. The summed E-state index contributed by atoms with van der Waals surface area (Å²) in [6, 6.07) is 6.18. The van der Waals surface area contributed by atoms with Gasteiger partial charge in [0.2, 0.25) is 0 Å². The van der Waals surface area contributed by atoms with Crippen molar-refractivity contribution in [2.75, 3.05) is 28.3 Å². The molecule has 8 heteroatoms. The van der Waals surface area contributed by atoms with Crippen LogP contribution in [0.25, 0.3) is 0 Å². The molecular formula is C19H29IN4O2S. The first-order valence-corrected chi connectivity index (χ1v) is 9.38. The molecule has 0 bridgehead atoms. The molecule has 0 fully saturated rings. The second kappa shape index (κ2) is 11.5. The molecule has 6 nitrogen and oxygen atoms in total. The van der Waals surface area contributed by atoms with Gasteiger partial charge in [0.05, 0.1) is 19.3 Å². The molecule has 0 aliphatic carbocycles. The van der Waals surface area contributed by atoms with E-state index in [1.54, 1.807) is 32.6 Å². The maximum absolute atomic E-state index is 5.33. The van der Waals surface area contributed by atoms with Crippen LogP contribution in [0.1, 0.15) is 34.9 Å². The summed E-state index contributed by atoms with van der Waals surface area (Å²) in [6.45, 7) is 5.44. The van der Waals surface area contributed by atoms with E-state index in [0.717, 1.165) is 28.0 Å². The number of aliphatic imine (C=N–C) groups is 1. The highest BCUT2D eigenvalue weighted by Crippen LogP contribution is 2.21. The molecule has 0 aliphatic rings. The number of aromatic nitrogens is 1. The van der Waals surface area contributed by atoms with Gasteiger partial charge in [-0.2, -0.15) is 0 Å². The Morgan fingerprint density at radius 2 is 2.11 bits per heavy atom. The van der Waals surface area contributed by atoms with Gasteiger partial charge in [0.15, 0.2) is 5.96 Å². The van der Waals surface area contributed by atoms with Gasteiger partial charge in [-0.1, -0.05) is 12.1 Å². The summed E-state index contributed by atoms with van der Waals surface area (Å²) in [6.07, 6.45) is 0.0230. The van der Waals surface area contributed by atoms with Gasteiger partial charge in [0.1, 0.15) is 16.9 Å². The SMILES string of the molecule is CN=C(NCc1ccc(OC)c(C)c1)N(C)Cc1csc(C(C)OC)n1.I. The lowest BCUT2D eigenvalue weighted by Crippen LogP contribution is -2.38. The van der Waals surface area contributed by atoms with E-state index in [1.165, 1.54) is 5.56 Å². The smallest absolute Gasteiger partial charge is 0.194 e. The summed E-state index contributed by atoms with van der Waals surface area (Å²) < 4.78 is 10.6. The first-order valence-electron chi connectivity index (χ1n) is 8.50. The zero-order chi connectivity index (χ0) is 19.1. The van der Waals surface area contributed by atoms with Crippen molar-refractivity contribution in [3.05, 3.63) is 45.4 Å². The minimum atomic E-state index is 0. The number of methoxy groups -OCH3 is 2. The molecule has 1 heterocycles. The highest BCUT2D eigenvalue weighted by molar-refractivity contribution is 14.0. The fraction of sp³-hybridized carbons (Fsp3) is 0.474. The van der Waals surface area contributed by atoms with Crippen molar-refractivity contribution >= 4 is 41.3 Å². The van der Waals surface area contributed by atoms with Gasteiger partial charge in [0, 0.05) is 33.1 Å². The molecule has 1 aromatic heterocycles. The topological polar surface area (TPSA) is 59.0 Å². The van der Waals surface area contributed by atoms with Crippen LogP contribution in [0.15, 0.2) is 28.6 Å². The van der Waals surface area contributed by atoms with E-state index in [2.05, 4.69) is 37.7 Å². The molecule has 150 valence electrons. The fourth-order valence-corrected chi connectivity index (χ4v) is 3.46. The van der Waals surface area contributed by atoms with Gasteiger partial charge < -0.3 is 19.7 Å². The summed E-state index contributed by atoms with van der Waals surface area (Å²) in [7, 11) is 7.18. The largest absolute Gasteiger partial charge is 0.496 e. The van der Waals surface area contributed by atoms with E-state index in [-0.39, 0.29) is 30.1 Å². The van der Waals surface area contributed by atoms with Crippen LogP contribution in [0.3, 0.4) is 0 Å². The summed E-state index contributed by atoms with van der Waals surface area (Å²) in [5.74, 6) is 1.73. The molecule has 27 heavy (non-hydrogen) atoms. The van der Waals surface area contributed by atoms with Crippen LogP contribution >= 0.6 is 35.3 Å². The van der Waals surface area contributed by atoms with Crippen molar-refractivity contribution < 1.29 is 9.47 Å². The number of nitrogens with zero attached hydrogens (tertiary/aromatic N) is 3. The van der Waals surface area contributed by atoms with Crippen LogP contribution in [0.4, 0.5) is 0 Å². The number of benzene rings is 1. The Kier molecular flexibility index (Phi) is 10.0. The highest BCUT2D eigenvalue weighted by atomic mass is 127. The quantitative estimate of drug-likeness (QED) is 0.351. The van der Waals surface area contributed by atoms with E-state index in [1.807, 2.05) is 27.0 Å². The maximum atomic E-state index is 5.33. The predicted octanol–water partition coefficient (Wildman–Crippen LogP) is 3.99. The van der Waals surface area contributed by atoms with E-state index < -0.39 is 0 Å². The van der Waals surface area contributed by atoms with E-state index in [9.17, 15) is 0 Å². The molecule has 0 amide bonds. The number of ether oxygens (including phenoxy) is 2. The average Bonchev–Trinajstić information content (AvgIpc) is 3.10. The molecule has 2 aromatic rings. The predicted molar refractivity (Wildman–Crippen MR) is 122 cm³/mol. The van der Waals surface area contributed by atoms with Crippen molar-refractivity contribution in [3.8, 4) is 5.75 Å². The second-order valence-corrected chi connectivity index (χ2v) is 7.01. The van der Waals surface area contributed by atoms with Crippen molar-refractivity contribution in [3.63, 3.8) is 0 Å². The molecule has 1 unspecified atom stereocenters. The van der Waals surface area contributed by atoms with Crippen LogP contribution in [0, 0.1) is 6.92 Å². The second-order valence-electron chi connectivity index (χ2n) is 6.12. The van der Waals surface area contributed by atoms with Gasteiger partial charge >= 0.3 is 0 Å². The number of aryl methyl sites for hydroxylation is 1. The minimum Gasteiger partial charge on any atom is -0.496 e. The number of halogens is 1. The van der Waals surface area contributed by atoms with Crippen molar-refractivity contribution in [2.45, 2.75) is 33.0 Å². The van der Waals surface area contributed by atoms with Crippen LogP contribution in [-0.2, 0) is 17.8 Å². The highest BCUT2D eigenvalue weighted by Gasteiger charge is 2.12. The van der Waals surface area contributed by atoms with E-state index in [4.69, 9.17) is 9.47 Å². The Balaban J connectivity index is 0.00000364. The lowest BCUT2D eigenvalue weighted by Gasteiger charge is -2.21. The molecule has 0 spiro atoms. The first-order chi connectivity index (χ1) is 12.5.